The molecule has 0 radical (unpaired) electrons. The third kappa shape index (κ3) is 4.32. The number of carbonyl (C=O) groups excluding carboxylic acids is 2. The van der Waals surface area contributed by atoms with Gasteiger partial charge in [-0.3, -0.25) is 14.5 Å². The fourth-order valence-corrected chi connectivity index (χ4v) is 3.20. The molecule has 1 N–H and O–H groups in total. The summed E-state index contributed by atoms with van der Waals surface area (Å²) in [5.41, 5.74) is 3.24. The zero-order valence-electron chi connectivity index (χ0n) is 17.2. The van der Waals surface area contributed by atoms with E-state index >= 15 is 0 Å². The highest BCUT2D eigenvalue weighted by Gasteiger charge is 2.38. The predicted molar refractivity (Wildman–Crippen MR) is 113 cm³/mol. The SMILES string of the molecule is COCCN1C(=O)C(Nc2ccc(C(C)C)cc2)=C(c2ccc(OC)cc2)C1=O. The Labute approximate surface area is 171 Å². The van der Waals surface area contributed by atoms with Crippen LogP contribution >= 0.6 is 0 Å². The van der Waals surface area contributed by atoms with Crippen LogP contribution in [0.2, 0.25) is 0 Å². The minimum absolute atomic E-state index is 0.200. The summed E-state index contributed by atoms with van der Waals surface area (Å²) in [4.78, 5) is 27.3. The van der Waals surface area contributed by atoms with Crippen LogP contribution in [-0.2, 0) is 14.3 Å². The quantitative estimate of drug-likeness (QED) is 0.692. The molecular weight excluding hydrogens is 368 g/mol. The highest BCUT2D eigenvalue weighted by molar-refractivity contribution is 6.36. The fraction of sp³-hybridized carbons (Fsp3) is 0.304. The highest BCUT2D eigenvalue weighted by Crippen LogP contribution is 2.31. The molecule has 2 amide bonds. The summed E-state index contributed by atoms with van der Waals surface area (Å²) >= 11 is 0. The maximum Gasteiger partial charge on any atom is 0.278 e. The van der Waals surface area contributed by atoms with Crippen LogP contribution in [0, 0.1) is 0 Å². The minimum atomic E-state index is -0.356. The molecular formula is C23H26N2O4. The number of anilines is 1. The average molecular weight is 394 g/mol. The molecule has 0 spiro atoms. The van der Waals surface area contributed by atoms with E-state index in [-0.39, 0.29) is 30.7 Å². The van der Waals surface area contributed by atoms with Crippen LogP contribution in [-0.4, -0.2) is 44.1 Å². The number of imide groups is 1. The van der Waals surface area contributed by atoms with Gasteiger partial charge in [0.05, 0.1) is 25.8 Å². The zero-order valence-corrected chi connectivity index (χ0v) is 17.2. The van der Waals surface area contributed by atoms with Crippen molar-refractivity contribution in [1.29, 1.82) is 0 Å². The summed E-state index contributed by atoms with van der Waals surface area (Å²) < 4.78 is 10.3. The van der Waals surface area contributed by atoms with Gasteiger partial charge in [-0.15, -0.1) is 0 Å². The second kappa shape index (κ2) is 8.92. The Balaban J connectivity index is 1.98. The molecule has 2 aromatic rings. The Hall–Kier alpha value is -3.12. The summed E-state index contributed by atoms with van der Waals surface area (Å²) in [5.74, 6) is 0.405. The van der Waals surface area contributed by atoms with Gasteiger partial charge in [0.15, 0.2) is 0 Å². The van der Waals surface area contributed by atoms with Crippen molar-refractivity contribution >= 4 is 23.1 Å². The molecule has 2 aromatic carbocycles. The van der Waals surface area contributed by atoms with E-state index in [2.05, 4.69) is 19.2 Å². The van der Waals surface area contributed by atoms with Crippen molar-refractivity contribution in [1.82, 2.24) is 4.90 Å². The molecule has 1 aliphatic rings. The zero-order chi connectivity index (χ0) is 21.0. The lowest BCUT2D eigenvalue weighted by Gasteiger charge is -2.14. The summed E-state index contributed by atoms with van der Waals surface area (Å²) in [6, 6.07) is 15.0. The Morgan fingerprint density at radius 3 is 2.14 bits per heavy atom. The Morgan fingerprint density at radius 2 is 1.59 bits per heavy atom. The molecule has 152 valence electrons. The molecule has 0 fully saturated rings. The second-order valence-corrected chi connectivity index (χ2v) is 7.13. The number of hydrogen-bond acceptors (Lipinski definition) is 5. The lowest BCUT2D eigenvalue weighted by atomic mass is 10.0. The maximum atomic E-state index is 13.0. The topological polar surface area (TPSA) is 67.9 Å². The standard InChI is InChI=1S/C23H26N2O4/c1-15(2)16-5-9-18(10-6-16)24-21-20(17-7-11-19(29-4)12-8-17)22(26)25(23(21)27)13-14-28-3/h5-12,15,24H,13-14H2,1-4H3. The van der Waals surface area contributed by atoms with Crippen LogP contribution in [0.4, 0.5) is 5.69 Å². The van der Waals surface area contributed by atoms with Gasteiger partial charge in [-0.25, -0.2) is 0 Å². The molecule has 6 heteroatoms. The van der Waals surface area contributed by atoms with Crippen LogP contribution in [0.5, 0.6) is 5.75 Å². The molecule has 1 aliphatic heterocycles. The van der Waals surface area contributed by atoms with Gasteiger partial charge >= 0.3 is 0 Å². The third-order valence-electron chi connectivity index (χ3n) is 4.91. The summed E-state index contributed by atoms with van der Waals surface area (Å²) in [7, 11) is 3.12. The fourth-order valence-electron chi connectivity index (χ4n) is 3.20. The van der Waals surface area contributed by atoms with Gasteiger partial charge in [0.2, 0.25) is 0 Å². The first kappa shape index (κ1) is 20.6. The monoisotopic (exact) mass is 394 g/mol. The normalized spacial score (nSPS) is 14.2. The summed E-state index contributed by atoms with van der Waals surface area (Å²) in [6.07, 6.45) is 0. The van der Waals surface area contributed by atoms with Crippen LogP contribution < -0.4 is 10.1 Å². The van der Waals surface area contributed by atoms with Gasteiger partial charge in [-0.05, 0) is 41.3 Å². The molecule has 0 atom stereocenters. The number of ether oxygens (including phenoxy) is 2. The van der Waals surface area contributed by atoms with E-state index in [1.165, 1.54) is 17.6 Å². The Morgan fingerprint density at radius 1 is 0.931 bits per heavy atom. The van der Waals surface area contributed by atoms with Crippen molar-refractivity contribution in [3.05, 3.63) is 65.4 Å². The van der Waals surface area contributed by atoms with Crippen LogP contribution in [0.1, 0.15) is 30.9 Å². The number of benzene rings is 2. The van der Waals surface area contributed by atoms with Gasteiger partial charge in [0.1, 0.15) is 11.4 Å². The van der Waals surface area contributed by atoms with Crippen LogP contribution in [0.25, 0.3) is 5.57 Å². The first-order valence-corrected chi connectivity index (χ1v) is 9.57. The molecule has 3 rings (SSSR count). The van der Waals surface area contributed by atoms with Gasteiger partial charge < -0.3 is 14.8 Å². The first-order valence-electron chi connectivity index (χ1n) is 9.57. The lowest BCUT2D eigenvalue weighted by molar-refractivity contribution is -0.137. The largest absolute Gasteiger partial charge is 0.497 e. The molecule has 0 bridgehead atoms. The number of nitrogens with one attached hydrogen (secondary N) is 1. The van der Waals surface area contributed by atoms with E-state index in [4.69, 9.17) is 9.47 Å². The van der Waals surface area contributed by atoms with Gasteiger partial charge in [0, 0.05) is 12.8 Å². The van der Waals surface area contributed by atoms with E-state index in [1.54, 1.807) is 31.4 Å². The second-order valence-electron chi connectivity index (χ2n) is 7.13. The van der Waals surface area contributed by atoms with Crippen molar-refractivity contribution in [3.63, 3.8) is 0 Å². The third-order valence-corrected chi connectivity index (χ3v) is 4.91. The summed E-state index contributed by atoms with van der Waals surface area (Å²) in [6.45, 7) is 4.73. The molecule has 0 aliphatic carbocycles. The molecule has 0 unspecified atom stereocenters. The minimum Gasteiger partial charge on any atom is -0.497 e. The van der Waals surface area contributed by atoms with Crippen LogP contribution in [0.3, 0.4) is 0 Å². The number of carbonyl (C=O) groups is 2. The van der Waals surface area contributed by atoms with Crippen molar-refractivity contribution in [3.8, 4) is 5.75 Å². The molecule has 29 heavy (non-hydrogen) atoms. The van der Waals surface area contributed by atoms with Gasteiger partial charge in [-0.1, -0.05) is 38.1 Å². The molecule has 0 aromatic heterocycles. The number of methoxy groups -OCH3 is 2. The van der Waals surface area contributed by atoms with E-state index < -0.39 is 0 Å². The van der Waals surface area contributed by atoms with Gasteiger partial charge in [0.25, 0.3) is 11.8 Å². The summed E-state index contributed by atoms with van der Waals surface area (Å²) in [5, 5.41) is 3.17. The Kier molecular flexibility index (Phi) is 6.34. The number of rotatable bonds is 8. The van der Waals surface area contributed by atoms with Crippen LogP contribution in [0.15, 0.2) is 54.2 Å². The van der Waals surface area contributed by atoms with Crippen molar-refractivity contribution in [2.75, 3.05) is 32.7 Å². The average Bonchev–Trinajstić information content (AvgIpc) is 2.96. The highest BCUT2D eigenvalue weighted by atomic mass is 16.5. The first-order chi connectivity index (χ1) is 14.0. The molecule has 0 saturated carbocycles. The van der Waals surface area contributed by atoms with Crippen molar-refractivity contribution in [2.45, 2.75) is 19.8 Å². The van der Waals surface area contributed by atoms with E-state index in [0.717, 1.165) is 5.69 Å². The van der Waals surface area contributed by atoms with Gasteiger partial charge in [-0.2, -0.15) is 0 Å². The smallest absolute Gasteiger partial charge is 0.278 e. The maximum absolute atomic E-state index is 13.0. The number of hydrogen-bond donors (Lipinski definition) is 1. The lowest BCUT2D eigenvalue weighted by Crippen LogP contribution is -2.35. The molecule has 1 heterocycles. The Bertz CT molecular complexity index is 915. The van der Waals surface area contributed by atoms with E-state index in [9.17, 15) is 9.59 Å². The molecule has 6 nitrogen and oxygen atoms in total. The van der Waals surface area contributed by atoms with E-state index in [1.807, 2.05) is 24.3 Å². The van der Waals surface area contributed by atoms with Crippen molar-refractivity contribution in [2.24, 2.45) is 0 Å². The number of amides is 2. The predicted octanol–water partition coefficient (Wildman–Crippen LogP) is 3.66. The number of nitrogens with zero attached hydrogens (tertiary/aromatic N) is 1. The van der Waals surface area contributed by atoms with E-state index in [0.29, 0.717) is 22.8 Å². The molecule has 0 saturated heterocycles. The van der Waals surface area contributed by atoms with Crippen molar-refractivity contribution < 1.29 is 19.1 Å².